The lowest BCUT2D eigenvalue weighted by molar-refractivity contribution is 0.0627. The fraction of sp³-hybridized carbons (Fsp3) is 0.217. The molecular weight excluding hydrogens is 386 g/mol. The van der Waals surface area contributed by atoms with Crippen LogP contribution in [0.15, 0.2) is 83.8 Å². The second-order valence-corrected chi connectivity index (χ2v) is 8.71. The Balaban J connectivity index is 1.70. The van der Waals surface area contributed by atoms with Crippen LogP contribution in [0.4, 0.5) is 0 Å². The average molecular weight is 412 g/mol. The molecule has 0 amide bonds. The van der Waals surface area contributed by atoms with Crippen molar-refractivity contribution in [1.29, 1.82) is 0 Å². The van der Waals surface area contributed by atoms with Gasteiger partial charge in [0.15, 0.2) is 0 Å². The molecule has 0 fully saturated rings. The number of hydrogen-bond acceptors (Lipinski definition) is 4. The summed E-state index contributed by atoms with van der Waals surface area (Å²) < 4.78 is 32.9. The Labute approximate surface area is 172 Å². The summed E-state index contributed by atoms with van der Waals surface area (Å²) in [7, 11) is -3.75. The third-order valence-corrected chi connectivity index (χ3v) is 6.08. The minimum atomic E-state index is -3.75. The zero-order valence-corrected chi connectivity index (χ0v) is 17.3. The van der Waals surface area contributed by atoms with Crippen LogP contribution in [0.25, 0.3) is 11.1 Å². The Bertz CT molecular complexity index is 1030. The number of benzene rings is 3. The topological polar surface area (TPSA) is 75.6 Å². The molecule has 1 atom stereocenters. The summed E-state index contributed by atoms with van der Waals surface area (Å²) in [6.07, 6.45) is 0. The summed E-state index contributed by atoms with van der Waals surface area (Å²) in [5.74, 6) is 0.608. The average Bonchev–Trinajstić information content (AvgIpc) is 2.74. The lowest BCUT2D eigenvalue weighted by Crippen LogP contribution is -2.38. The van der Waals surface area contributed by atoms with Crippen molar-refractivity contribution in [3.8, 4) is 16.9 Å². The molecule has 3 aromatic rings. The molecule has 0 radical (unpaired) electrons. The number of rotatable bonds is 8. The Hall–Kier alpha value is -2.67. The molecule has 6 heteroatoms. The van der Waals surface area contributed by atoms with Gasteiger partial charge in [-0.15, -0.1) is 0 Å². The number of nitrogens with one attached hydrogen (secondary N) is 1. The third-order valence-electron chi connectivity index (χ3n) is 4.67. The van der Waals surface area contributed by atoms with Gasteiger partial charge in [0.25, 0.3) is 0 Å². The van der Waals surface area contributed by atoms with Crippen LogP contribution in [0.2, 0.25) is 0 Å². The van der Waals surface area contributed by atoms with Crippen LogP contribution < -0.4 is 9.46 Å². The van der Waals surface area contributed by atoms with E-state index >= 15 is 0 Å². The first-order chi connectivity index (χ1) is 13.8. The van der Waals surface area contributed by atoms with Crippen molar-refractivity contribution in [2.45, 2.75) is 24.3 Å². The summed E-state index contributed by atoms with van der Waals surface area (Å²) in [5, 5.41) is 10.8. The van der Waals surface area contributed by atoms with Crippen molar-refractivity contribution in [3.05, 3.63) is 84.4 Å². The molecule has 0 aliphatic carbocycles. The van der Waals surface area contributed by atoms with Gasteiger partial charge < -0.3 is 9.84 Å². The highest BCUT2D eigenvalue weighted by atomic mass is 32.2. The minimum absolute atomic E-state index is 0.121. The van der Waals surface area contributed by atoms with E-state index in [-0.39, 0.29) is 11.4 Å². The second kappa shape index (κ2) is 8.78. The maximum absolute atomic E-state index is 12.6. The standard InChI is InChI=1S/C23H25NO4S/c1-3-28-21-13-15-22(16-14-21)29(26,27)24-17-23(2,25)20-11-9-19(10-12-20)18-7-5-4-6-8-18/h4-16,24-25H,3,17H2,1-2H3. The number of hydrogen-bond donors (Lipinski definition) is 2. The van der Waals surface area contributed by atoms with Gasteiger partial charge in [-0.1, -0.05) is 54.6 Å². The molecule has 3 aromatic carbocycles. The molecule has 0 aliphatic rings. The molecule has 0 saturated carbocycles. The number of aliphatic hydroxyl groups is 1. The van der Waals surface area contributed by atoms with Gasteiger partial charge in [-0.3, -0.25) is 0 Å². The fourth-order valence-corrected chi connectivity index (χ4v) is 4.09. The highest BCUT2D eigenvalue weighted by molar-refractivity contribution is 7.89. The Morgan fingerprint density at radius 2 is 1.48 bits per heavy atom. The molecule has 0 spiro atoms. The molecule has 152 valence electrons. The molecule has 0 saturated heterocycles. The van der Waals surface area contributed by atoms with E-state index in [1.54, 1.807) is 19.1 Å². The van der Waals surface area contributed by atoms with Crippen molar-refractivity contribution >= 4 is 10.0 Å². The van der Waals surface area contributed by atoms with Crippen molar-refractivity contribution in [2.75, 3.05) is 13.2 Å². The second-order valence-electron chi connectivity index (χ2n) is 6.95. The van der Waals surface area contributed by atoms with Gasteiger partial charge >= 0.3 is 0 Å². The van der Waals surface area contributed by atoms with E-state index in [4.69, 9.17) is 4.74 Å². The van der Waals surface area contributed by atoms with E-state index in [0.717, 1.165) is 11.1 Å². The van der Waals surface area contributed by atoms with E-state index in [9.17, 15) is 13.5 Å². The van der Waals surface area contributed by atoms with Gasteiger partial charge in [-0.25, -0.2) is 13.1 Å². The van der Waals surface area contributed by atoms with Gasteiger partial charge in [-0.2, -0.15) is 0 Å². The lowest BCUT2D eigenvalue weighted by atomic mass is 9.94. The van der Waals surface area contributed by atoms with E-state index in [1.807, 2.05) is 61.5 Å². The largest absolute Gasteiger partial charge is 0.494 e. The predicted octanol–water partition coefficient (Wildman–Crippen LogP) is 3.94. The Morgan fingerprint density at radius 3 is 2.07 bits per heavy atom. The summed E-state index contributed by atoms with van der Waals surface area (Å²) in [6.45, 7) is 3.81. The summed E-state index contributed by atoms with van der Waals surface area (Å²) in [6, 6.07) is 23.6. The van der Waals surface area contributed by atoms with Crippen LogP contribution in [0.3, 0.4) is 0 Å². The first kappa shape index (κ1) is 21.0. The first-order valence-corrected chi connectivity index (χ1v) is 10.9. The quantitative estimate of drug-likeness (QED) is 0.589. The van der Waals surface area contributed by atoms with Crippen molar-refractivity contribution in [2.24, 2.45) is 0 Å². The summed E-state index contributed by atoms with van der Waals surface area (Å²) in [4.78, 5) is 0.121. The monoisotopic (exact) mass is 411 g/mol. The zero-order valence-electron chi connectivity index (χ0n) is 16.5. The third kappa shape index (κ3) is 5.23. The van der Waals surface area contributed by atoms with Gasteiger partial charge in [0.05, 0.1) is 11.5 Å². The molecule has 5 nitrogen and oxygen atoms in total. The molecule has 0 aliphatic heterocycles. The van der Waals surface area contributed by atoms with Crippen LogP contribution in [-0.2, 0) is 15.6 Å². The smallest absolute Gasteiger partial charge is 0.240 e. The molecule has 29 heavy (non-hydrogen) atoms. The van der Waals surface area contributed by atoms with Crippen LogP contribution >= 0.6 is 0 Å². The Morgan fingerprint density at radius 1 is 0.897 bits per heavy atom. The fourth-order valence-electron chi connectivity index (χ4n) is 2.95. The van der Waals surface area contributed by atoms with Crippen LogP contribution in [-0.4, -0.2) is 26.7 Å². The summed E-state index contributed by atoms with van der Waals surface area (Å²) >= 11 is 0. The van der Waals surface area contributed by atoms with Crippen LogP contribution in [0.1, 0.15) is 19.4 Å². The molecule has 0 bridgehead atoms. The molecule has 0 aromatic heterocycles. The number of sulfonamides is 1. The van der Waals surface area contributed by atoms with Gasteiger partial charge in [0.2, 0.25) is 10.0 Å². The molecule has 2 N–H and O–H groups in total. The maximum atomic E-state index is 12.6. The molecular formula is C23H25NO4S. The van der Waals surface area contributed by atoms with Crippen molar-refractivity contribution in [1.82, 2.24) is 4.72 Å². The predicted molar refractivity (Wildman–Crippen MR) is 114 cm³/mol. The minimum Gasteiger partial charge on any atom is -0.494 e. The highest BCUT2D eigenvalue weighted by Crippen LogP contribution is 2.25. The molecule has 3 rings (SSSR count). The normalized spacial score (nSPS) is 13.6. The van der Waals surface area contributed by atoms with Gasteiger partial charge in [0.1, 0.15) is 11.4 Å². The van der Waals surface area contributed by atoms with Gasteiger partial charge in [0, 0.05) is 6.54 Å². The van der Waals surface area contributed by atoms with Crippen molar-refractivity contribution in [3.63, 3.8) is 0 Å². The maximum Gasteiger partial charge on any atom is 0.240 e. The molecule has 0 heterocycles. The zero-order chi connectivity index (χ0) is 20.9. The number of ether oxygens (including phenoxy) is 1. The lowest BCUT2D eigenvalue weighted by Gasteiger charge is -2.24. The highest BCUT2D eigenvalue weighted by Gasteiger charge is 2.26. The van der Waals surface area contributed by atoms with Crippen LogP contribution in [0, 0.1) is 0 Å². The first-order valence-electron chi connectivity index (χ1n) is 9.43. The molecule has 1 unspecified atom stereocenters. The van der Waals surface area contributed by atoms with E-state index in [1.165, 1.54) is 12.1 Å². The van der Waals surface area contributed by atoms with E-state index in [2.05, 4.69) is 4.72 Å². The van der Waals surface area contributed by atoms with Crippen LogP contribution in [0.5, 0.6) is 5.75 Å². The van der Waals surface area contributed by atoms with E-state index in [0.29, 0.717) is 17.9 Å². The van der Waals surface area contributed by atoms with Gasteiger partial charge in [-0.05, 0) is 54.8 Å². The Kier molecular flexibility index (Phi) is 6.37. The SMILES string of the molecule is CCOc1ccc(S(=O)(=O)NCC(C)(O)c2ccc(-c3ccccc3)cc2)cc1. The summed E-state index contributed by atoms with van der Waals surface area (Å²) in [5.41, 5.74) is 1.38. The van der Waals surface area contributed by atoms with E-state index < -0.39 is 15.6 Å². The van der Waals surface area contributed by atoms with Crippen molar-refractivity contribution < 1.29 is 18.3 Å².